The molecule has 2 heterocycles. The minimum absolute atomic E-state index is 0.135. The van der Waals surface area contributed by atoms with Crippen molar-refractivity contribution in [2.24, 2.45) is 0 Å². The van der Waals surface area contributed by atoms with Gasteiger partial charge in [-0.3, -0.25) is 9.46 Å². The van der Waals surface area contributed by atoms with Crippen LogP contribution in [0.15, 0.2) is 12.1 Å². The molecule has 0 radical (unpaired) electrons. The highest BCUT2D eigenvalue weighted by atomic mass is 31.2. The molecular weight excluding hydrogens is 315 g/mol. The van der Waals surface area contributed by atoms with Crippen molar-refractivity contribution in [1.82, 2.24) is 9.88 Å². The molecule has 1 saturated heterocycles. The van der Waals surface area contributed by atoms with E-state index in [9.17, 15) is 4.57 Å². The topological polar surface area (TPSA) is 60.9 Å². The number of nitrogens with zero attached hydrogens (tertiary/aromatic N) is 2. The molecule has 1 aliphatic rings. The Balaban J connectivity index is 2.32. The number of hydrogen-bond donors (Lipinski definition) is 0. The quantitative estimate of drug-likeness (QED) is 0.710. The minimum Gasteiger partial charge on any atom is -0.379 e. The van der Waals surface area contributed by atoms with Crippen molar-refractivity contribution >= 4 is 13.0 Å². The smallest absolute Gasteiger partial charge is 0.379 e. The van der Waals surface area contributed by atoms with Crippen LogP contribution in [0.25, 0.3) is 0 Å². The molecule has 1 unspecified atom stereocenters. The lowest BCUT2D eigenvalue weighted by Crippen LogP contribution is -2.39. The molecule has 1 aliphatic heterocycles. The Bertz CT molecular complexity index is 551. The molecule has 1 fully saturated rings. The summed E-state index contributed by atoms with van der Waals surface area (Å²) in [6.45, 7) is 11.6. The van der Waals surface area contributed by atoms with Gasteiger partial charge in [0, 0.05) is 19.1 Å². The van der Waals surface area contributed by atoms with Crippen LogP contribution in [0.2, 0.25) is 0 Å². The van der Waals surface area contributed by atoms with Crippen molar-refractivity contribution in [3.8, 4) is 0 Å². The molecule has 0 bridgehead atoms. The third kappa shape index (κ3) is 4.40. The lowest BCUT2D eigenvalue weighted by molar-refractivity contribution is 0.0189. The summed E-state index contributed by atoms with van der Waals surface area (Å²) in [5.74, 6) is 0. The average molecular weight is 342 g/mol. The first kappa shape index (κ1) is 18.6. The first-order chi connectivity index (χ1) is 11.0. The van der Waals surface area contributed by atoms with Gasteiger partial charge in [-0.2, -0.15) is 0 Å². The number of rotatable bonds is 7. The van der Waals surface area contributed by atoms with Gasteiger partial charge in [0.25, 0.3) is 0 Å². The summed E-state index contributed by atoms with van der Waals surface area (Å²) in [6, 6.07) is 3.83. The Kier molecular flexibility index (Phi) is 6.74. The third-order valence-electron chi connectivity index (χ3n) is 3.99. The first-order valence-electron chi connectivity index (χ1n) is 8.20. The zero-order chi connectivity index (χ0) is 16.9. The van der Waals surface area contributed by atoms with Gasteiger partial charge in [-0.15, -0.1) is 0 Å². The number of aromatic nitrogens is 1. The normalized spacial score (nSPS) is 18.1. The van der Waals surface area contributed by atoms with Crippen LogP contribution in [0.3, 0.4) is 0 Å². The molecule has 6 nitrogen and oxygen atoms in total. The second-order valence-corrected chi connectivity index (χ2v) is 7.50. The van der Waals surface area contributed by atoms with Crippen LogP contribution >= 0.6 is 7.60 Å². The summed E-state index contributed by atoms with van der Waals surface area (Å²) in [5, 5.41) is 0. The van der Waals surface area contributed by atoms with Crippen LogP contribution in [0.4, 0.5) is 0 Å². The summed E-state index contributed by atoms with van der Waals surface area (Å²) < 4.78 is 29.2. The fourth-order valence-corrected chi connectivity index (χ4v) is 4.26. The van der Waals surface area contributed by atoms with Crippen LogP contribution in [-0.2, 0) is 18.3 Å². The molecule has 0 spiro atoms. The standard InChI is InChI=1S/C16H27N2O4P/c1-5-21-23(19,22-6-2)15-8-7-13(3)16(17-15)14(4)18-9-11-20-12-10-18/h7-8,14H,5-6,9-12H2,1-4H3. The molecule has 130 valence electrons. The van der Waals surface area contributed by atoms with E-state index in [2.05, 4.69) is 16.8 Å². The first-order valence-corrected chi connectivity index (χ1v) is 9.75. The lowest BCUT2D eigenvalue weighted by Gasteiger charge is -2.32. The second-order valence-electron chi connectivity index (χ2n) is 5.53. The van der Waals surface area contributed by atoms with Crippen molar-refractivity contribution in [3.05, 3.63) is 23.4 Å². The molecule has 0 aromatic carbocycles. The van der Waals surface area contributed by atoms with Gasteiger partial charge in [-0.05, 0) is 39.3 Å². The molecular formula is C16H27N2O4P. The van der Waals surface area contributed by atoms with Crippen LogP contribution in [-0.4, -0.2) is 49.4 Å². The Morgan fingerprint density at radius 2 is 1.87 bits per heavy atom. The largest absolute Gasteiger partial charge is 0.379 e. The van der Waals surface area contributed by atoms with Crippen LogP contribution in [0.5, 0.6) is 0 Å². The van der Waals surface area contributed by atoms with Crippen molar-refractivity contribution in [2.45, 2.75) is 33.7 Å². The number of hydrogen-bond acceptors (Lipinski definition) is 6. The van der Waals surface area contributed by atoms with Crippen LogP contribution in [0.1, 0.15) is 38.1 Å². The van der Waals surface area contributed by atoms with E-state index < -0.39 is 7.60 Å². The summed E-state index contributed by atoms with van der Waals surface area (Å²) in [5.41, 5.74) is 2.39. The van der Waals surface area contributed by atoms with Crippen molar-refractivity contribution in [2.75, 3.05) is 39.5 Å². The van der Waals surface area contributed by atoms with Crippen LogP contribution < -0.4 is 5.44 Å². The predicted octanol–water partition coefficient (Wildman–Crippen LogP) is 2.67. The maximum atomic E-state index is 12.9. The van der Waals surface area contributed by atoms with Gasteiger partial charge in [0.1, 0.15) is 0 Å². The molecule has 23 heavy (non-hydrogen) atoms. The Morgan fingerprint density at radius 1 is 1.26 bits per heavy atom. The van der Waals surface area contributed by atoms with Crippen molar-refractivity contribution < 1.29 is 18.3 Å². The highest BCUT2D eigenvalue weighted by Crippen LogP contribution is 2.46. The van der Waals surface area contributed by atoms with Gasteiger partial charge in [0.2, 0.25) is 0 Å². The molecule has 1 aromatic heterocycles. The Labute approximate surface area is 138 Å². The van der Waals surface area contributed by atoms with Gasteiger partial charge in [-0.25, -0.2) is 4.98 Å². The second kappa shape index (κ2) is 8.36. The number of pyridine rings is 1. The van der Waals surface area contributed by atoms with E-state index in [1.54, 1.807) is 19.9 Å². The van der Waals surface area contributed by atoms with E-state index in [4.69, 9.17) is 13.8 Å². The summed E-state index contributed by atoms with van der Waals surface area (Å²) in [7, 11) is -3.35. The Morgan fingerprint density at radius 3 is 2.43 bits per heavy atom. The van der Waals surface area contributed by atoms with E-state index >= 15 is 0 Å². The van der Waals surface area contributed by atoms with E-state index in [-0.39, 0.29) is 6.04 Å². The fourth-order valence-electron chi connectivity index (χ4n) is 2.76. The van der Waals surface area contributed by atoms with Gasteiger partial charge < -0.3 is 13.8 Å². The molecule has 2 rings (SSSR count). The highest BCUT2D eigenvalue weighted by molar-refractivity contribution is 7.61. The van der Waals surface area contributed by atoms with Gasteiger partial charge in [-0.1, -0.05) is 6.07 Å². The lowest BCUT2D eigenvalue weighted by atomic mass is 10.1. The maximum absolute atomic E-state index is 12.9. The zero-order valence-electron chi connectivity index (χ0n) is 14.4. The van der Waals surface area contributed by atoms with Gasteiger partial charge in [0.15, 0.2) is 5.44 Å². The number of aryl methyl sites for hydroxylation is 1. The minimum atomic E-state index is -3.35. The molecule has 7 heteroatoms. The summed E-state index contributed by atoms with van der Waals surface area (Å²) in [6.07, 6.45) is 0. The number of morpholine rings is 1. The summed E-state index contributed by atoms with van der Waals surface area (Å²) in [4.78, 5) is 6.99. The maximum Gasteiger partial charge on any atom is 0.379 e. The van der Waals surface area contributed by atoms with E-state index in [0.717, 1.165) is 37.6 Å². The van der Waals surface area contributed by atoms with Gasteiger partial charge >= 0.3 is 7.60 Å². The van der Waals surface area contributed by atoms with Gasteiger partial charge in [0.05, 0.1) is 32.1 Å². The fraction of sp³-hybridized carbons (Fsp3) is 0.688. The van der Waals surface area contributed by atoms with E-state index in [1.807, 2.05) is 13.0 Å². The molecule has 0 amide bonds. The molecule has 0 saturated carbocycles. The number of ether oxygens (including phenoxy) is 1. The van der Waals surface area contributed by atoms with Crippen molar-refractivity contribution in [3.63, 3.8) is 0 Å². The third-order valence-corrected chi connectivity index (χ3v) is 6.00. The van der Waals surface area contributed by atoms with E-state index in [0.29, 0.717) is 18.6 Å². The Hall–Kier alpha value is -0.780. The predicted molar refractivity (Wildman–Crippen MR) is 90.3 cm³/mol. The van der Waals surface area contributed by atoms with Crippen LogP contribution in [0, 0.1) is 6.92 Å². The highest BCUT2D eigenvalue weighted by Gasteiger charge is 2.30. The summed E-state index contributed by atoms with van der Waals surface area (Å²) >= 11 is 0. The monoisotopic (exact) mass is 342 g/mol. The van der Waals surface area contributed by atoms with Crippen molar-refractivity contribution in [1.29, 1.82) is 0 Å². The SMILES string of the molecule is CCOP(=O)(OCC)c1ccc(C)c(C(C)N2CCOCC2)n1. The van der Waals surface area contributed by atoms with E-state index in [1.165, 1.54) is 0 Å². The molecule has 0 N–H and O–H groups in total. The molecule has 1 aromatic rings. The molecule has 0 aliphatic carbocycles. The molecule has 1 atom stereocenters. The zero-order valence-corrected chi connectivity index (χ0v) is 15.3. The average Bonchev–Trinajstić information content (AvgIpc) is 2.56.